The molecule has 0 saturated heterocycles. The summed E-state index contributed by atoms with van der Waals surface area (Å²) in [5.41, 5.74) is 0.272. The predicted octanol–water partition coefficient (Wildman–Crippen LogP) is 6.08. The number of hydrogen-bond acceptors (Lipinski definition) is 4. The van der Waals surface area contributed by atoms with Crippen LogP contribution >= 0.6 is 0 Å². The van der Waals surface area contributed by atoms with E-state index in [0.717, 1.165) is 48.9 Å². The number of anilines is 1. The molecule has 1 aliphatic rings. The molecule has 11 heteroatoms. The highest BCUT2D eigenvalue weighted by Crippen LogP contribution is 2.33. The number of hydrogen-bond donors (Lipinski definition) is 1. The number of nitrogens with zero attached hydrogens (tertiary/aromatic N) is 2. The second-order valence-electron chi connectivity index (χ2n) is 10.7. The number of nitrogens with one attached hydrogen (secondary N) is 1. The van der Waals surface area contributed by atoms with Crippen LogP contribution in [0.15, 0.2) is 83.8 Å². The Morgan fingerprint density at radius 2 is 1.60 bits per heavy atom. The van der Waals surface area contributed by atoms with Gasteiger partial charge in [-0.15, -0.1) is 0 Å². The number of carbonyl (C=O) groups excluding carboxylic acids is 2. The van der Waals surface area contributed by atoms with Crippen molar-refractivity contribution in [3.8, 4) is 0 Å². The first-order valence-corrected chi connectivity index (χ1v) is 15.7. The largest absolute Gasteiger partial charge is 0.416 e. The lowest BCUT2D eigenvalue weighted by Crippen LogP contribution is -2.53. The lowest BCUT2D eigenvalue weighted by molar-refractivity contribution is -0.140. The molecule has 0 aromatic heterocycles. The molecule has 2 amide bonds. The van der Waals surface area contributed by atoms with Crippen LogP contribution in [0.1, 0.15) is 55.7 Å². The summed E-state index contributed by atoms with van der Waals surface area (Å²) in [6.45, 7) is 2.84. The Bertz CT molecular complexity index is 1520. The van der Waals surface area contributed by atoms with Gasteiger partial charge < -0.3 is 10.2 Å². The van der Waals surface area contributed by atoms with Crippen molar-refractivity contribution >= 4 is 27.5 Å². The number of aryl methyl sites for hydroxylation is 1. The number of sulfonamides is 1. The molecule has 43 heavy (non-hydrogen) atoms. The first kappa shape index (κ1) is 32.1. The maximum atomic E-state index is 14.2. The van der Waals surface area contributed by atoms with Crippen LogP contribution in [0.25, 0.3) is 0 Å². The Balaban J connectivity index is 1.76. The van der Waals surface area contributed by atoms with E-state index in [2.05, 4.69) is 5.32 Å². The lowest BCUT2D eigenvalue weighted by Gasteiger charge is -2.34. The Kier molecular flexibility index (Phi) is 10.2. The average molecular weight is 616 g/mol. The van der Waals surface area contributed by atoms with Gasteiger partial charge in [-0.1, -0.05) is 68.3 Å². The Morgan fingerprint density at radius 1 is 0.953 bits per heavy atom. The first-order valence-electron chi connectivity index (χ1n) is 14.3. The molecule has 1 saturated carbocycles. The molecule has 0 unspecified atom stereocenters. The summed E-state index contributed by atoms with van der Waals surface area (Å²) in [6, 6.07) is 17.5. The topological polar surface area (TPSA) is 86.8 Å². The zero-order chi connectivity index (χ0) is 31.2. The number of rotatable bonds is 11. The Labute approximate surface area is 250 Å². The van der Waals surface area contributed by atoms with Crippen LogP contribution in [0.5, 0.6) is 0 Å². The van der Waals surface area contributed by atoms with E-state index in [4.69, 9.17) is 0 Å². The van der Waals surface area contributed by atoms with E-state index in [9.17, 15) is 31.2 Å². The van der Waals surface area contributed by atoms with Gasteiger partial charge >= 0.3 is 6.18 Å². The average Bonchev–Trinajstić information content (AvgIpc) is 3.49. The van der Waals surface area contributed by atoms with Gasteiger partial charge in [-0.25, -0.2) is 8.42 Å². The van der Waals surface area contributed by atoms with Crippen LogP contribution in [-0.2, 0) is 32.3 Å². The highest BCUT2D eigenvalue weighted by molar-refractivity contribution is 7.92. The number of carbonyl (C=O) groups is 2. The Hall–Kier alpha value is -3.86. The van der Waals surface area contributed by atoms with Crippen molar-refractivity contribution in [1.29, 1.82) is 0 Å². The molecule has 3 aromatic rings. The number of alkyl halides is 3. The smallest absolute Gasteiger partial charge is 0.352 e. The van der Waals surface area contributed by atoms with E-state index >= 15 is 0 Å². The van der Waals surface area contributed by atoms with Gasteiger partial charge in [0.05, 0.1) is 16.1 Å². The number of amides is 2. The molecule has 7 nitrogen and oxygen atoms in total. The lowest BCUT2D eigenvalue weighted by atomic mass is 10.1. The maximum Gasteiger partial charge on any atom is 0.416 e. The third-order valence-corrected chi connectivity index (χ3v) is 9.55. The molecule has 1 fully saturated rings. The van der Waals surface area contributed by atoms with Crippen LogP contribution in [0.3, 0.4) is 0 Å². The van der Waals surface area contributed by atoms with E-state index in [0.29, 0.717) is 10.4 Å². The minimum Gasteiger partial charge on any atom is -0.352 e. The summed E-state index contributed by atoms with van der Waals surface area (Å²) in [5, 5.41) is 3.04. The molecular formula is C32H36F3N3O4S. The van der Waals surface area contributed by atoms with Gasteiger partial charge in [0.15, 0.2) is 0 Å². The zero-order valence-corrected chi connectivity index (χ0v) is 25.0. The van der Waals surface area contributed by atoms with Crippen LogP contribution in [0.4, 0.5) is 18.9 Å². The summed E-state index contributed by atoms with van der Waals surface area (Å²) in [4.78, 5) is 28.8. The van der Waals surface area contributed by atoms with Crippen LogP contribution in [-0.4, -0.2) is 43.8 Å². The molecule has 230 valence electrons. The minimum atomic E-state index is -4.73. The van der Waals surface area contributed by atoms with Crippen molar-refractivity contribution in [3.05, 3.63) is 95.6 Å². The molecular weight excluding hydrogens is 579 g/mol. The van der Waals surface area contributed by atoms with E-state index in [1.54, 1.807) is 19.1 Å². The summed E-state index contributed by atoms with van der Waals surface area (Å²) >= 11 is 0. The zero-order valence-electron chi connectivity index (χ0n) is 24.2. The van der Waals surface area contributed by atoms with Gasteiger partial charge in [0.2, 0.25) is 11.8 Å². The molecule has 0 spiro atoms. The van der Waals surface area contributed by atoms with E-state index < -0.39 is 40.3 Å². The van der Waals surface area contributed by atoms with Crippen molar-refractivity contribution in [2.24, 2.45) is 0 Å². The number of halogens is 3. The van der Waals surface area contributed by atoms with E-state index in [1.165, 1.54) is 35.2 Å². The van der Waals surface area contributed by atoms with Crippen LogP contribution in [0, 0.1) is 6.92 Å². The van der Waals surface area contributed by atoms with Crippen molar-refractivity contribution in [3.63, 3.8) is 0 Å². The predicted molar refractivity (Wildman–Crippen MR) is 159 cm³/mol. The van der Waals surface area contributed by atoms with Crippen LogP contribution < -0.4 is 9.62 Å². The van der Waals surface area contributed by atoms with Crippen LogP contribution in [0.2, 0.25) is 0 Å². The van der Waals surface area contributed by atoms with Gasteiger partial charge in [-0.3, -0.25) is 13.9 Å². The molecule has 1 N–H and O–H groups in total. The summed E-state index contributed by atoms with van der Waals surface area (Å²) < 4.78 is 69.3. The van der Waals surface area contributed by atoms with Gasteiger partial charge in [-0.2, -0.15) is 13.2 Å². The second kappa shape index (κ2) is 13.6. The fourth-order valence-electron chi connectivity index (χ4n) is 5.34. The van der Waals surface area contributed by atoms with Crippen molar-refractivity contribution in [2.75, 3.05) is 10.8 Å². The standard InChI is InChI=1S/C32H36F3N3O4S/c1-3-29(31(40)36-26-15-9-10-16-26)37(21-24-13-8-7-12-23(24)2)30(39)22-38(43(41,42)28-18-5-4-6-19-28)27-17-11-14-25(20-27)32(33,34)35/h4-8,11-14,17-20,26,29H,3,9-10,15-16,21-22H2,1-2H3,(H,36,40)/t29-/m0/s1. The molecule has 0 aliphatic heterocycles. The minimum absolute atomic E-state index is 0.00275. The quantitative estimate of drug-likeness (QED) is 0.284. The van der Waals surface area contributed by atoms with Gasteiger partial charge in [0.1, 0.15) is 12.6 Å². The van der Waals surface area contributed by atoms with Gasteiger partial charge in [-0.05, 0) is 67.6 Å². The molecule has 0 heterocycles. The highest BCUT2D eigenvalue weighted by atomic mass is 32.2. The van der Waals surface area contributed by atoms with Crippen molar-refractivity contribution < 1.29 is 31.2 Å². The molecule has 0 bridgehead atoms. The Morgan fingerprint density at radius 3 is 2.23 bits per heavy atom. The molecule has 3 aromatic carbocycles. The molecule has 1 aliphatic carbocycles. The third-order valence-electron chi connectivity index (χ3n) is 7.76. The maximum absolute atomic E-state index is 14.2. The van der Waals surface area contributed by atoms with Crippen molar-refractivity contribution in [2.45, 2.75) is 75.7 Å². The van der Waals surface area contributed by atoms with E-state index in [-0.39, 0.29) is 35.5 Å². The summed E-state index contributed by atoms with van der Waals surface area (Å²) in [6.07, 6.45) is -0.803. The van der Waals surface area contributed by atoms with E-state index in [1.807, 2.05) is 25.1 Å². The normalized spacial score (nSPS) is 14.7. The molecule has 4 rings (SSSR count). The first-order chi connectivity index (χ1) is 20.4. The summed E-state index contributed by atoms with van der Waals surface area (Å²) in [5.74, 6) is -1.05. The molecule has 0 radical (unpaired) electrons. The fourth-order valence-corrected chi connectivity index (χ4v) is 6.77. The summed E-state index contributed by atoms with van der Waals surface area (Å²) in [7, 11) is -4.48. The van der Waals surface area contributed by atoms with Gasteiger partial charge in [0.25, 0.3) is 10.0 Å². The highest BCUT2D eigenvalue weighted by Gasteiger charge is 2.36. The van der Waals surface area contributed by atoms with Crippen molar-refractivity contribution in [1.82, 2.24) is 10.2 Å². The fraction of sp³-hybridized carbons (Fsp3) is 0.375. The molecule has 1 atom stereocenters. The third kappa shape index (κ3) is 7.76. The SMILES string of the molecule is CC[C@@H](C(=O)NC1CCCC1)N(Cc1ccccc1C)C(=O)CN(c1cccc(C(F)(F)F)c1)S(=O)(=O)c1ccccc1. The monoisotopic (exact) mass is 615 g/mol. The van der Waals surface area contributed by atoms with Gasteiger partial charge in [0, 0.05) is 12.6 Å². The second-order valence-corrected chi connectivity index (χ2v) is 12.6. The number of benzene rings is 3.